The number of nitrogen functional groups attached to an aromatic ring is 1. The molecule has 3 heterocycles. The second-order valence-corrected chi connectivity index (χ2v) is 12.0. The third-order valence-corrected chi connectivity index (χ3v) is 8.28. The predicted octanol–water partition coefficient (Wildman–Crippen LogP) is 2.77. The van der Waals surface area contributed by atoms with E-state index in [2.05, 4.69) is 24.8 Å². The fourth-order valence-corrected chi connectivity index (χ4v) is 6.41. The zero-order chi connectivity index (χ0) is 29.4. The SMILES string of the molecule is CC(C)OC(=O)[C@H](CCC(=O)C=[N+]=N)NP(=O)(OC[C@H]1O[C@@H](n2cnc3c(N)ncnc32)CS1)Oc1ccccc1. The lowest BCUT2D eigenvalue weighted by molar-refractivity contribution is -0.149. The zero-order valence-corrected chi connectivity index (χ0v) is 24.0. The Bertz CT molecular complexity index is 1470. The number of thioether (sulfide) groups is 1. The van der Waals surface area contributed by atoms with E-state index in [1.807, 2.05) is 0 Å². The number of ketones is 1. The molecule has 0 saturated carbocycles. The van der Waals surface area contributed by atoms with Gasteiger partial charge in [0.25, 0.3) is 0 Å². The van der Waals surface area contributed by atoms with E-state index in [4.69, 9.17) is 29.8 Å². The van der Waals surface area contributed by atoms with Gasteiger partial charge in [-0.15, -0.1) is 11.8 Å². The Balaban J connectivity index is 1.49. The molecule has 218 valence electrons. The number of aromatic nitrogens is 4. The van der Waals surface area contributed by atoms with E-state index in [1.165, 1.54) is 18.1 Å². The number of nitrogens with zero attached hydrogens (tertiary/aromatic N) is 5. The van der Waals surface area contributed by atoms with Crippen molar-refractivity contribution >= 4 is 54.5 Å². The Morgan fingerprint density at radius 1 is 1.32 bits per heavy atom. The number of nitrogens with two attached hydrogens (primary N) is 1. The van der Waals surface area contributed by atoms with E-state index in [9.17, 15) is 14.2 Å². The number of anilines is 1. The fourth-order valence-electron chi connectivity index (χ4n) is 3.79. The van der Waals surface area contributed by atoms with Crippen LogP contribution in [0.2, 0.25) is 0 Å². The van der Waals surface area contributed by atoms with E-state index in [0.717, 1.165) is 6.21 Å². The summed E-state index contributed by atoms with van der Waals surface area (Å²) in [5, 5.41) is 2.66. The minimum atomic E-state index is -4.23. The first kappa shape index (κ1) is 30.3. The average Bonchev–Trinajstić information content (AvgIpc) is 3.58. The molecule has 4 atom stereocenters. The smallest absolute Gasteiger partial charge is 0.459 e. The summed E-state index contributed by atoms with van der Waals surface area (Å²) in [4.78, 5) is 40.2. The molecule has 1 aliphatic heterocycles. The van der Waals surface area contributed by atoms with Crippen molar-refractivity contribution in [3.05, 3.63) is 43.0 Å². The first-order valence-corrected chi connectivity index (χ1v) is 15.2. The van der Waals surface area contributed by atoms with E-state index in [0.29, 0.717) is 16.9 Å². The molecule has 1 saturated heterocycles. The van der Waals surface area contributed by atoms with Crippen molar-refractivity contribution < 1.29 is 37.5 Å². The van der Waals surface area contributed by atoms with E-state index in [-0.39, 0.29) is 31.0 Å². The van der Waals surface area contributed by atoms with Gasteiger partial charge in [-0.05, 0) is 32.4 Å². The molecule has 1 unspecified atom stereocenters. The molecule has 41 heavy (non-hydrogen) atoms. The summed E-state index contributed by atoms with van der Waals surface area (Å²) in [7, 11) is -4.23. The highest BCUT2D eigenvalue weighted by Gasteiger charge is 2.38. The first-order chi connectivity index (χ1) is 19.7. The number of nitrogens with one attached hydrogen (secondary N) is 2. The molecule has 1 fully saturated rings. The summed E-state index contributed by atoms with van der Waals surface area (Å²) in [5.41, 5.74) is 13.1. The summed E-state index contributed by atoms with van der Waals surface area (Å²) in [6.45, 7) is 3.16. The van der Waals surface area contributed by atoms with Crippen molar-refractivity contribution in [2.45, 2.75) is 50.5 Å². The molecule has 3 aromatic rings. The molecule has 17 heteroatoms. The highest BCUT2D eigenvalue weighted by atomic mass is 32.2. The number of carbonyl (C=O) groups excluding carboxylic acids is 2. The molecule has 0 amide bonds. The number of hydrogen-bond acceptors (Lipinski definition) is 13. The first-order valence-electron chi connectivity index (χ1n) is 12.6. The molecule has 1 aromatic carbocycles. The summed E-state index contributed by atoms with van der Waals surface area (Å²) >= 11 is 1.42. The third kappa shape index (κ3) is 8.19. The van der Waals surface area contributed by atoms with Crippen LogP contribution in [-0.4, -0.2) is 72.2 Å². The van der Waals surface area contributed by atoms with Gasteiger partial charge < -0.3 is 19.7 Å². The number of ether oxygens (including phenoxy) is 2. The zero-order valence-electron chi connectivity index (χ0n) is 22.3. The van der Waals surface area contributed by atoms with Gasteiger partial charge in [-0.25, -0.2) is 19.5 Å². The molecular formula is C24H30N8O7PS+. The minimum Gasteiger partial charge on any atom is -0.462 e. The lowest BCUT2D eigenvalue weighted by Crippen LogP contribution is -2.39. The van der Waals surface area contributed by atoms with Crippen LogP contribution in [0.25, 0.3) is 11.2 Å². The number of esters is 1. The molecule has 4 N–H and O–H groups in total. The maximum Gasteiger partial charge on any atom is 0.459 e. The van der Waals surface area contributed by atoms with Crippen LogP contribution in [0.3, 0.4) is 0 Å². The summed E-state index contributed by atoms with van der Waals surface area (Å²) in [6.07, 6.45) is 2.56. The van der Waals surface area contributed by atoms with Gasteiger partial charge >= 0.3 is 19.9 Å². The quantitative estimate of drug-likeness (QED) is 0.0795. The van der Waals surface area contributed by atoms with Crippen molar-refractivity contribution in [3.8, 4) is 5.75 Å². The summed E-state index contributed by atoms with van der Waals surface area (Å²) in [5.74, 6) is -0.218. The lowest BCUT2D eigenvalue weighted by Gasteiger charge is -2.26. The van der Waals surface area contributed by atoms with Gasteiger partial charge in [-0.2, -0.15) is 5.09 Å². The summed E-state index contributed by atoms with van der Waals surface area (Å²) in [6, 6.07) is 7.09. The van der Waals surface area contributed by atoms with Crippen LogP contribution in [0.5, 0.6) is 5.75 Å². The second kappa shape index (κ2) is 13.8. The van der Waals surface area contributed by atoms with Gasteiger partial charge in [0, 0.05) is 12.2 Å². The second-order valence-electron chi connectivity index (χ2n) is 9.06. The Labute approximate surface area is 239 Å². The number of Topliss-reactive ketones (excluding diaryl/α,β-unsaturated/α-hetero) is 1. The largest absolute Gasteiger partial charge is 0.462 e. The van der Waals surface area contributed by atoms with Gasteiger partial charge in [0.1, 0.15) is 35.3 Å². The summed E-state index contributed by atoms with van der Waals surface area (Å²) < 4.78 is 38.7. The monoisotopic (exact) mass is 605 g/mol. The van der Waals surface area contributed by atoms with Gasteiger partial charge in [0.2, 0.25) is 5.78 Å². The Kier molecular flexibility index (Phi) is 10.2. The van der Waals surface area contributed by atoms with E-state index < -0.39 is 43.3 Å². The van der Waals surface area contributed by atoms with Gasteiger partial charge in [-0.1, -0.05) is 18.2 Å². The topological polar surface area (TPSA) is 208 Å². The number of fused-ring (bicyclic) bond motifs is 1. The molecule has 15 nitrogen and oxygen atoms in total. The van der Waals surface area contributed by atoms with E-state index in [1.54, 1.807) is 55.1 Å². The maximum absolute atomic E-state index is 14.0. The highest BCUT2D eigenvalue weighted by Crippen LogP contribution is 2.47. The highest BCUT2D eigenvalue weighted by molar-refractivity contribution is 8.00. The van der Waals surface area contributed by atoms with Crippen LogP contribution in [-0.2, 0) is 28.2 Å². The van der Waals surface area contributed by atoms with Gasteiger partial charge in [0.15, 0.2) is 11.5 Å². The lowest BCUT2D eigenvalue weighted by atomic mass is 10.1. The van der Waals surface area contributed by atoms with Crippen molar-refractivity contribution in [2.75, 3.05) is 18.1 Å². The van der Waals surface area contributed by atoms with Crippen LogP contribution in [0.4, 0.5) is 5.82 Å². The normalized spacial score (nSPS) is 18.9. The number of rotatable bonds is 14. The molecule has 2 aromatic heterocycles. The number of hydrogen-bond donors (Lipinski definition) is 3. The van der Waals surface area contributed by atoms with Crippen LogP contribution < -0.4 is 15.3 Å². The maximum atomic E-state index is 14.0. The van der Waals surface area contributed by atoms with Crippen LogP contribution in [0, 0.1) is 5.53 Å². The van der Waals surface area contributed by atoms with E-state index >= 15 is 0 Å². The third-order valence-electron chi connectivity index (χ3n) is 5.62. The number of para-hydroxylation sites is 1. The van der Waals surface area contributed by atoms with Gasteiger partial charge in [0.05, 0.1) is 29.4 Å². The number of imidazole rings is 1. The molecule has 0 spiro atoms. The Morgan fingerprint density at radius 3 is 2.83 bits per heavy atom. The fraction of sp³-hybridized carbons (Fsp3) is 0.417. The van der Waals surface area contributed by atoms with Gasteiger partial charge in [-0.3, -0.25) is 18.7 Å². The molecular weight excluding hydrogens is 575 g/mol. The van der Waals surface area contributed by atoms with Crippen LogP contribution >= 0.6 is 19.5 Å². The minimum absolute atomic E-state index is 0.0999. The van der Waals surface area contributed by atoms with Crippen molar-refractivity contribution in [1.29, 1.82) is 5.53 Å². The predicted molar refractivity (Wildman–Crippen MR) is 148 cm³/mol. The molecule has 1 aliphatic rings. The average molecular weight is 606 g/mol. The molecule has 0 radical (unpaired) electrons. The molecule has 4 rings (SSSR count). The standard InChI is InChI=1S/C24H29N8O7PS/c1-15(2)37-24(34)18(9-8-16(33)10-30-26)31-40(35,39-17-6-4-3-5-7-17)36-11-20-38-19(12-41-20)32-14-29-21-22(25)27-13-28-23(21)32/h3-7,10,13-15,18-20,25H,8-9,11-12H2,1-2H3,(H2-,26,31,33,35)/p+1/t18-,19+,20-,40?/m0/s1. The van der Waals surface area contributed by atoms with Crippen molar-refractivity contribution in [1.82, 2.24) is 24.6 Å². The van der Waals surface area contributed by atoms with Crippen LogP contribution in [0.15, 0.2) is 43.0 Å². The van der Waals surface area contributed by atoms with Crippen molar-refractivity contribution in [2.24, 2.45) is 0 Å². The number of carbonyl (C=O) groups is 2. The molecule has 0 bridgehead atoms. The Hall–Kier alpha value is -3.65. The molecule has 0 aliphatic carbocycles. The van der Waals surface area contributed by atoms with Crippen LogP contribution in [0.1, 0.15) is 32.9 Å². The Morgan fingerprint density at radius 2 is 2.10 bits per heavy atom. The number of benzene rings is 1. The van der Waals surface area contributed by atoms with Crippen molar-refractivity contribution in [3.63, 3.8) is 0 Å².